The van der Waals surface area contributed by atoms with E-state index >= 15 is 0 Å². The van der Waals surface area contributed by atoms with Crippen molar-refractivity contribution < 1.29 is 24.1 Å². The van der Waals surface area contributed by atoms with Gasteiger partial charge in [-0.15, -0.1) is 0 Å². The predicted molar refractivity (Wildman–Crippen MR) is 241 cm³/mol. The van der Waals surface area contributed by atoms with E-state index in [1.54, 1.807) is 14.2 Å². The highest BCUT2D eigenvalue weighted by molar-refractivity contribution is 5.95. The third-order valence-electron chi connectivity index (χ3n) is 13.7. The molecule has 332 valence electrons. The first-order chi connectivity index (χ1) is 29.1. The van der Waals surface area contributed by atoms with E-state index in [0.717, 1.165) is 134 Å². The van der Waals surface area contributed by atoms with Gasteiger partial charge in [-0.25, -0.2) is 5.43 Å². The molecule has 0 bridgehead atoms. The molecule has 0 radical (unpaired) electrons. The number of aliphatic hydroxyl groups is 1. The van der Waals surface area contributed by atoms with Crippen LogP contribution in [0, 0.1) is 10.8 Å². The van der Waals surface area contributed by atoms with Gasteiger partial charge in [0.2, 0.25) is 6.41 Å². The van der Waals surface area contributed by atoms with E-state index in [0.29, 0.717) is 31.0 Å². The molecule has 3 aliphatic heterocycles. The van der Waals surface area contributed by atoms with Gasteiger partial charge in [-0.1, -0.05) is 26.7 Å². The number of carbonyl (C=O) groups is 1. The smallest absolute Gasteiger partial charge is 0.221 e. The van der Waals surface area contributed by atoms with Crippen LogP contribution in [0.3, 0.4) is 0 Å². The second-order valence-corrected chi connectivity index (χ2v) is 18.9. The molecule has 2 atom stereocenters. The zero-order valence-corrected chi connectivity index (χ0v) is 37.5. The summed E-state index contributed by atoms with van der Waals surface area (Å²) in [4.78, 5) is 26.1. The highest BCUT2D eigenvalue weighted by atomic mass is 16.5. The first-order valence-electron chi connectivity index (χ1n) is 22.9. The predicted octanol–water partition coefficient (Wildman–Crippen LogP) is 5.63. The monoisotopic (exact) mass is 831 g/mol. The number of hydrogen-bond donors (Lipinski definition) is 3. The van der Waals surface area contributed by atoms with Gasteiger partial charge in [0.15, 0.2) is 0 Å². The molecule has 13 heteroatoms. The SMILES string of the molecule is CCn1c(-c2cc(N3CCN(C4CC4)CC3)cnc2C(C)OC)c(CC(C)(C)COC)c2cc(N(CCO)CCC(CCCCCNNC=O)N3CC4(COC4)C3)ccc21. The number of methoxy groups -OCH3 is 2. The van der Waals surface area contributed by atoms with Gasteiger partial charge in [-0.05, 0) is 87.6 Å². The first-order valence-corrected chi connectivity index (χ1v) is 22.9. The minimum atomic E-state index is -0.179. The van der Waals surface area contributed by atoms with Crippen LogP contribution in [0.15, 0.2) is 30.5 Å². The summed E-state index contributed by atoms with van der Waals surface area (Å²) >= 11 is 0. The lowest BCUT2D eigenvalue weighted by Gasteiger charge is -2.57. The van der Waals surface area contributed by atoms with E-state index in [9.17, 15) is 9.90 Å². The van der Waals surface area contributed by atoms with E-state index in [1.165, 1.54) is 40.7 Å². The van der Waals surface area contributed by atoms with Crippen LogP contribution < -0.4 is 20.7 Å². The van der Waals surface area contributed by atoms with Gasteiger partial charge in [-0.3, -0.25) is 25.0 Å². The molecule has 2 unspecified atom stereocenters. The minimum absolute atomic E-state index is 0.0925. The Kier molecular flexibility index (Phi) is 15.1. The summed E-state index contributed by atoms with van der Waals surface area (Å²) in [7, 11) is 3.58. The summed E-state index contributed by atoms with van der Waals surface area (Å²) in [6.45, 7) is 20.9. The lowest BCUT2D eigenvalue weighted by molar-refractivity contribution is -0.199. The second kappa shape index (κ2) is 20.3. The summed E-state index contributed by atoms with van der Waals surface area (Å²) in [5.41, 5.74) is 13.9. The normalized spacial score (nSPS) is 19.4. The van der Waals surface area contributed by atoms with Crippen molar-refractivity contribution in [2.24, 2.45) is 10.8 Å². The molecule has 2 aromatic heterocycles. The number of hydrazine groups is 1. The molecule has 3 N–H and O–H groups in total. The topological polar surface area (TPSA) is 120 Å². The number of piperazine rings is 1. The van der Waals surface area contributed by atoms with Gasteiger partial charge in [0, 0.05) is 119 Å². The number of carbonyl (C=O) groups excluding carboxylic acids is 1. The van der Waals surface area contributed by atoms with Crippen molar-refractivity contribution in [3.63, 3.8) is 0 Å². The summed E-state index contributed by atoms with van der Waals surface area (Å²) < 4.78 is 20.0. The fourth-order valence-electron chi connectivity index (χ4n) is 10.2. The molecule has 1 aromatic carbocycles. The van der Waals surface area contributed by atoms with E-state index in [4.69, 9.17) is 19.2 Å². The molecule has 7 rings (SSSR count). The summed E-state index contributed by atoms with van der Waals surface area (Å²) in [6.07, 6.45) is 11.5. The van der Waals surface area contributed by atoms with Crippen LogP contribution in [0.4, 0.5) is 11.4 Å². The maximum Gasteiger partial charge on any atom is 0.221 e. The van der Waals surface area contributed by atoms with Crippen LogP contribution in [-0.2, 0) is 32.0 Å². The molecule has 5 heterocycles. The Morgan fingerprint density at radius 3 is 2.50 bits per heavy atom. The lowest BCUT2D eigenvalue weighted by atomic mass is 9.76. The molecular weight excluding hydrogens is 757 g/mol. The van der Waals surface area contributed by atoms with Crippen LogP contribution in [0.1, 0.15) is 90.0 Å². The number of ether oxygens (including phenoxy) is 3. The molecule has 3 saturated heterocycles. The quantitative estimate of drug-likeness (QED) is 0.0561. The zero-order chi connectivity index (χ0) is 42.3. The third kappa shape index (κ3) is 10.3. The van der Waals surface area contributed by atoms with Crippen LogP contribution in [0.5, 0.6) is 0 Å². The second-order valence-electron chi connectivity index (χ2n) is 18.9. The van der Waals surface area contributed by atoms with Crippen molar-refractivity contribution in [2.45, 2.75) is 104 Å². The maximum atomic E-state index is 10.6. The van der Waals surface area contributed by atoms with Gasteiger partial charge in [-0.2, -0.15) is 0 Å². The van der Waals surface area contributed by atoms with Gasteiger partial charge in [0.25, 0.3) is 0 Å². The van der Waals surface area contributed by atoms with E-state index in [-0.39, 0.29) is 18.1 Å². The number of nitrogens with one attached hydrogen (secondary N) is 2. The number of likely N-dealkylation sites (tertiary alicyclic amines) is 1. The number of aliphatic hydroxyl groups excluding tert-OH is 1. The van der Waals surface area contributed by atoms with E-state index in [2.05, 4.69) is 93.2 Å². The highest BCUT2D eigenvalue weighted by Gasteiger charge is 2.50. The van der Waals surface area contributed by atoms with Crippen molar-refractivity contribution in [1.29, 1.82) is 0 Å². The van der Waals surface area contributed by atoms with Crippen molar-refractivity contribution in [3.05, 3.63) is 41.7 Å². The molecule has 1 amide bonds. The van der Waals surface area contributed by atoms with E-state index < -0.39 is 0 Å². The van der Waals surface area contributed by atoms with Gasteiger partial charge in [0.1, 0.15) is 0 Å². The Hall–Kier alpha value is -3.30. The summed E-state index contributed by atoms with van der Waals surface area (Å²) in [5, 5.41) is 11.7. The van der Waals surface area contributed by atoms with Crippen molar-refractivity contribution in [2.75, 3.05) is 109 Å². The first kappa shape index (κ1) is 44.7. The Balaban J connectivity index is 1.21. The molecule has 1 saturated carbocycles. The van der Waals surface area contributed by atoms with Crippen molar-refractivity contribution in [3.8, 4) is 11.3 Å². The number of hydrogen-bond acceptors (Lipinski definition) is 11. The Bertz CT molecular complexity index is 1840. The molecular formula is C47H74N8O5. The zero-order valence-electron chi connectivity index (χ0n) is 37.5. The van der Waals surface area contributed by atoms with Gasteiger partial charge < -0.3 is 33.7 Å². The molecule has 13 nitrogen and oxygen atoms in total. The van der Waals surface area contributed by atoms with Crippen LogP contribution >= 0.6 is 0 Å². The number of pyridine rings is 1. The Morgan fingerprint density at radius 1 is 1.07 bits per heavy atom. The largest absolute Gasteiger partial charge is 0.395 e. The van der Waals surface area contributed by atoms with Crippen LogP contribution in [0.2, 0.25) is 0 Å². The van der Waals surface area contributed by atoms with Gasteiger partial charge in [0.05, 0.1) is 55.8 Å². The molecule has 1 aliphatic carbocycles. The number of aryl methyl sites for hydroxylation is 1. The Labute approximate surface area is 359 Å². The molecule has 3 aromatic rings. The maximum absolute atomic E-state index is 10.6. The molecule has 4 fully saturated rings. The van der Waals surface area contributed by atoms with Crippen LogP contribution in [-0.4, -0.2) is 143 Å². The summed E-state index contributed by atoms with van der Waals surface area (Å²) in [6, 6.07) is 10.6. The standard InChI is InChI=1S/C47H74N8O5/c1-7-55-43-15-14-38(51(23-24-56)18-16-36(11-9-8-10-17-49-50-34-57)54-29-47(30-54)32-60-33-47)25-40(43)42(27-46(3,4)31-58-5)45(55)41-26-39(28-48-44(41)35(2)59-6)53-21-19-52(20-22-53)37-12-13-37/h14-15,25-26,28,34-37,49,56H,7-13,16-24,27,29-33H2,1-6H3,(H,50,57). The number of unbranched alkanes of at least 4 members (excludes halogenated alkanes) is 2. The highest BCUT2D eigenvalue weighted by Crippen LogP contribution is 2.44. The average Bonchev–Trinajstić information content (AvgIpc) is 4.03. The number of benzene rings is 1. The average molecular weight is 831 g/mol. The number of nitrogens with zero attached hydrogens (tertiary/aromatic N) is 6. The van der Waals surface area contributed by atoms with Crippen LogP contribution in [0.25, 0.3) is 22.2 Å². The molecule has 1 spiro atoms. The molecule has 4 aliphatic rings. The fraction of sp³-hybridized carbons (Fsp3) is 0.702. The number of rotatable bonds is 25. The number of aromatic nitrogens is 2. The van der Waals surface area contributed by atoms with Crippen molar-refractivity contribution in [1.82, 2.24) is 30.2 Å². The molecule has 60 heavy (non-hydrogen) atoms. The van der Waals surface area contributed by atoms with E-state index in [1.807, 2.05) is 0 Å². The Morgan fingerprint density at radius 2 is 1.85 bits per heavy atom. The minimum Gasteiger partial charge on any atom is -0.395 e. The number of anilines is 2. The third-order valence-corrected chi connectivity index (χ3v) is 13.7. The van der Waals surface area contributed by atoms with Crippen molar-refractivity contribution >= 4 is 28.7 Å². The number of amides is 1. The lowest BCUT2D eigenvalue weighted by Crippen LogP contribution is -2.68. The summed E-state index contributed by atoms with van der Waals surface area (Å²) in [5.74, 6) is 0. The number of fused-ring (bicyclic) bond motifs is 1. The fourth-order valence-corrected chi connectivity index (χ4v) is 10.2. The van der Waals surface area contributed by atoms with Gasteiger partial charge >= 0.3 is 0 Å².